The number of aromatic nitrogens is 1. The lowest BCUT2D eigenvalue weighted by Gasteiger charge is -2.07. The molecule has 7 nitrogen and oxygen atoms in total. The fraction of sp³-hybridized carbons (Fsp3) is 0.0588. The second kappa shape index (κ2) is 5.62. The fourth-order valence-electron chi connectivity index (χ4n) is 2.75. The minimum absolute atomic E-state index is 0.0702. The maximum atomic E-state index is 12.8. The van der Waals surface area contributed by atoms with Crippen molar-refractivity contribution < 1.29 is 19.6 Å². The van der Waals surface area contributed by atoms with Gasteiger partial charge in [-0.3, -0.25) is 19.5 Å². The molecular weight excluding hydrogens is 312 g/mol. The number of rotatable bonds is 3. The second-order valence-electron chi connectivity index (χ2n) is 5.23. The molecule has 0 saturated carbocycles. The Morgan fingerprint density at radius 3 is 2.29 bits per heavy atom. The Morgan fingerprint density at radius 2 is 1.71 bits per heavy atom. The quantitative estimate of drug-likeness (QED) is 0.588. The van der Waals surface area contributed by atoms with Gasteiger partial charge in [0.05, 0.1) is 16.0 Å². The number of nitro benzene ring substituents is 1. The van der Waals surface area contributed by atoms with E-state index in [1.165, 1.54) is 28.8 Å². The van der Waals surface area contributed by atoms with E-state index in [2.05, 4.69) is 0 Å². The summed E-state index contributed by atoms with van der Waals surface area (Å²) in [5.41, 5.74) is 0.983. The minimum atomic E-state index is -1.11. The summed E-state index contributed by atoms with van der Waals surface area (Å²) in [7, 11) is 0. The number of para-hydroxylation sites is 1. The number of fused-ring (bicyclic) bond motifs is 1. The number of carbonyl (C=O) groups is 2. The molecule has 0 saturated heterocycles. The number of hydrogen-bond donors (Lipinski definition) is 1. The van der Waals surface area contributed by atoms with Crippen LogP contribution in [0.2, 0.25) is 0 Å². The number of benzene rings is 2. The van der Waals surface area contributed by atoms with E-state index in [-0.39, 0.29) is 16.8 Å². The molecule has 0 radical (unpaired) electrons. The van der Waals surface area contributed by atoms with E-state index >= 15 is 0 Å². The molecule has 0 amide bonds. The van der Waals surface area contributed by atoms with Crippen LogP contribution in [0.5, 0.6) is 0 Å². The summed E-state index contributed by atoms with van der Waals surface area (Å²) in [5.74, 6) is -1.55. The summed E-state index contributed by atoms with van der Waals surface area (Å²) >= 11 is 0. The molecule has 0 aliphatic heterocycles. The molecule has 1 N–H and O–H groups in total. The zero-order valence-corrected chi connectivity index (χ0v) is 12.6. The SMILES string of the molecule is Cc1c(C(=O)O)c2ccccc2n1C(=O)c1ccc([N+](=O)[O-])cc1. The number of carboxylic acid groups (broad SMARTS) is 1. The van der Waals surface area contributed by atoms with Gasteiger partial charge in [0, 0.05) is 28.8 Å². The maximum absolute atomic E-state index is 12.8. The Hall–Kier alpha value is -3.48. The molecule has 0 aliphatic rings. The molecule has 0 bridgehead atoms. The van der Waals surface area contributed by atoms with Crippen molar-refractivity contribution in [2.45, 2.75) is 6.92 Å². The van der Waals surface area contributed by atoms with Crippen molar-refractivity contribution in [1.29, 1.82) is 0 Å². The van der Waals surface area contributed by atoms with Gasteiger partial charge in [-0.15, -0.1) is 0 Å². The predicted molar refractivity (Wildman–Crippen MR) is 86.5 cm³/mol. The van der Waals surface area contributed by atoms with Gasteiger partial charge in [0.25, 0.3) is 11.6 Å². The molecular formula is C17H12N2O5. The Balaban J connectivity index is 2.18. The number of nitrogens with zero attached hydrogens (tertiary/aromatic N) is 2. The lowest BCUT2D eigenvalue weighted by atomic mass is 10.1. The third-order valence-corrected chi connectivity index (χ3v) is 3.85. The second-order valence-corrected chi connectivity index (χ2v) is 5.23. The van der Waals surface area contributed by atoms with Gasteiger partial charge in [0.2, 0.25) is 0 Å². The largest absolute Gasteiger partial charge is 0.478 e. The van der Waals surface area contributed by atoms with E-state index in [0.717, 1.165) is 0 Å². The standard InChI is InChI=1S/C17H12N2O5/c1-10-15(17(21)22)13-4-2-3-5-14(13)18(10)16(20)11-6-8-12(9-7-11)19(23)24/h2-9H,1H3,(H,21,22). The highest BCUT2D eigenvalue weighted by Crippen LogP contribution is 2.27. The van der Waals surface area contributed by atoms with Crippen molar-refractivity contribution >= 4 is 28.5 Å². The molecule has 120 valence electrons. The van der Waals surface area contributed by atoms with E-state index in [1.807, 2.05) is 0 Å². The predicted octanol–water partition coefficient (Wildman–Crippen LogP) is 3.24. The summed E-state index contributed by atoms with van der Waals surface area (Å²) in [5, 5.41) is 20.6. The van der Waals surface area contributed by atoms with Crippen LogP contribution in [0.1, 0.15) is 26.4 Å². The van der Waals surface area contributed by atoms with Crippen molar-refractivity contribution in [2.75, 3.05) is 0 Å². The maximum Gasteiger partial charge on any atom is 0.338 e. The number of carboxylic acids is 1. The first-order valence-electron chi connectivity index (χ1n) is 7.04. The molecule has 3 aromatic rings. The molecule has 7 heteroatoms. The summed E-state index contributed by atoms with van der Waals surface area (Å²) in [6.45, 7) is 1.56. The first kappa shape index (κ1) is 15.4. The highest BCUT2D eigenvalue weighted by molar-refractivity contribution is 6.11. The van der Waals surface area contributed by atoms with E-state index < -0.39 is 16.8 Å². The third-order valence-electron chi connectivity index (χ3n) is 3.85. The summed E-state index contributed by atoms with van der Waals surface area (Å²) in [6, 6.07) is 11.9. The van der Waals surface area contributed by atoms with Gasteiger partial charge in [-0.05, 0) is 25.1 Å². The number of hydrogen-bond acceptors (Lipinski definition) is 4. The van der Waals surface area contributed by atoms with Gasteiger partial charge >= 0.3 is 5.97 Å². The molecule has 0 fully saturated rings. The van der Waals surface area contributed by atoms with E-state index in [1.54, 1.807) is 31.2 Å². The monoisotopic (exact) mass is 324 g/mol. The first-order valence-corrected chi connectivity index (χ1v) is 7.04. The summed E-state index contributed by atoms with van der Waals surface area (Å²) in [6.07, 6.45) is 0. The van der Waals surface area contributed by atoms with E-state index in [9.17, 15) is 24.8 Å². The molecule has 0 aliphatic carbocycles. The van der Waals surface area contributed by atoms with Gasteiger partial charge < -0.3 is 5.11 Å². The number of non-ortho nitro benzene ring substituents is 1. The van der Waals surface area contributed by atoms with E-state index in [0.29, 0.717) is 16.6 Å². The highest BCUT2D eigenvalue weighted by atomic mass is 16.6. The Bertz CT molecular complexity index is 986. The van der Waals surface area contributed by atoms with Crippen LogP contribution < -0.4 is 0 Å². The molecule has 0 unspecified atom stereocenters. The van der Waals surface area contributed by atoms with Crippen LogP contribution in [0, 0.1) is 17.0 Å². The minimum Gasteiger partial charge on any atom is -0.478 e. The normalized spacial score (nSPS) is 10.7. The molecule has 0 atom stereocenters. The van der Waals surface area contributed by atoms with Crippen LogP contribution in [0.4, 0.5) is 5.69 Å². The average molecular weight is 324 g/mol. The Kier molecular flexibility index (Phi) is 3.61. The van der Waals surface area contributed by atoms with Gasteiger partial charge in [0.15, 0.2) is 0 Å². The molecule has 2 aromatic carbocycles. The van der Waals surface area contributed by atoms with Crippen molar-refractivity contribution in [3.8, 4) is 0 Å². The molecule has 1 aromatic heterocycles. The lowest BCUT2D eigenvalue weighted by Crippen LogP contribution is -2.14. The third kappa shape index (κ3) is 2.32. The summed E-state index contributed by atoms with van der Waals surface area (Å²) < 4.78 is 1.32. The summed E-state index contributed by atoms with van der Waals surface area (Å²) in [4.78, 5) is 34.5. The van der Waals surface area contributed by atoms with Gasteiger partial charge in [0.1, 0.15) is 0 Å². The van der Waals surface area contributed by atoms with Crippen LogP contribution in [0.25, 0.3) is 10.9 Å². The number of carbonyl (C=O) groups excluding carboxylic acids is 1. The van der Waals surface area contributed by atoms with E-state index in [4.69, 9.17) is 0 Å². The fourth-order valence-corrected chi connectivity index (χ4v) is 2.75. The zero-order chi connectivity index (χ0) is 17.4. The van der Waals surface area contributed by atoms with Crippen LogP contribution in [-0.2, 0) is 0 Å². The van der Waals surface area contributed by atoms with Crippen LogP contribution in [-0.4, -0.2) is 26.5 Å². The smallest absolute Gasteiger partial charge is 0.338 e. The van der Waals surface area contributed by atoms with Crippen molar-refractivity contribution in [3.05, 3.63) is 75.5 Å². The zero-order valence-electron chi connectivity index (χ0n) is 12.6. The first-order chi connectivity index (χ1) is 11.4. The number of nitro groups is 1. The van der Waals surface area contributed by atoms with Crippen molar-refractivity contribution in [1.82, 2.24) is 4.57 Å². The van der Waals surface area contributed by atoms with Crippen LogP contribution >= 0.6 is 0 Å². The Morgan fingerprint density at radius 1 is 1.08 bits per heavy atom. The highest BCUT2D eigenvalue weighted by Gasteiger charge is 2.23. The van der Waals surface area contributed by atoms with Crippen molar-refractivity contribution in [3.63, 3.8) is 0 Å². The van der Waals surface area contributed by atoms with Gasteiger partial charge in [-0.2, -0.15) is 0 Å². The Labute approximate surface area is 135 Å². The molecule has 0 spiro atoms. The van der Waals surface area contributed by atoms with Crippen LogP contribution in [0.15, 0.2) is 48.5 Å². The molecule has 24 heavy (non-hydrogen) atoms. The molecule has 1 heterocycles. The number of aromatic carboxylic acids is 1. The molecule has 3 rings (SSSR count). The van der Waals surface area contributed by atoms with Gasteiger partial charge in [-0.25, -0.2) is 4.79 Å². The topological polar surface area (TPSA) is 102 Å². The van der Waals surface area contributed by atoms with Crippen LogP contribution in [0.3, 0.4) is 0 Å². The van der Waals surface area contributed by atoms with Crippen molar-refractivity contribution in [2.24, 2.45) is 0 Å². The van der Waals surface area contributed by atoms with Gasteiger partial charge in [-0.1, -0.05) is 18.2 Å². The lowest BCUT2D eigenvalue weighted by molar-refractivity contribution is -0.384. The average Bonchev–Trinajstić information content (AvgIpc) is 2.86.